The van der Waals surface area contributed by atoms with E-state index in [1.807, 2.05) is 20.8 Å². The minimum Gasteiger partial charge on any atom is -0.479 e. The second-order valence-corrected chi connectivity index (χ2v) is 4.29. The molecule has 0 atom stereocenters. The van der Waals surface area contributed by atoms with Gasteiger partial charge >= 0.3 is 5.97 Å². The van der Waals surface area contributed by atoms with Crippen LogP contribution in [0.3, 0.4) is 0 Å². The Hall–Kier alpha value is -0.610. The van der Waals surface area contributed by atoms with Crippen LogP contribution >= 0.6 is 0 Å². The van der Waals surface area contributed by atoms with Crippen LogP contribution in [-0.2, 0) is 14.6 Å². The van der Waals surface area contributed by atoms with Crippen molar-refractivity contribution in [1.29, 1.82) is 0 Å². The third kappa shape index (κ3) is 3.64. The molecule has 0 fully saturated rings. The van der Waals surface area contributed by atoms with Crippen LogP contribution in [-0.4, -0.2) is 22.3 Å². The summed E-state index contributed by atoms with van der Waals surface area (Å²) in [4.78, 5) is 21.1. The molecule has 0 saturated carbocycles. The molecule has 0 aromatic rings. The van der Waals surface area contributed by atoms with E-state index in [0.29, 0.717) is 12.8 Å². The molecule has 0 saturated heterocycles. The number of rotatable bonds is 5. The van der Waals surface area contributed by atoms with Gasteiger partial charge in [-0.2, -0.15) is 0 Å². The fourth-order valence-electron chi connectivity index (χ4n) is 0.911. The Bertz CT molecular complexity index is 189. The molecule has 4 nitrogen and oxygen atoms in total. The minimum atomic E-state index is -1.21. The first kappa shape index (κ1) is 13.4. The van der Waals surface area contributed by atoms with Gasteiger partial charge in [-0.05, 0) is 33.6 Å². The lowest BCUT2D eigenvalue weighted by atomic mass is 9.98. The second-order valence-electron chi connectivity index (χ2n) is 4.29. The Labute approximate surface area is 85.1 Å². The van der Waals surface area contributed by atoms with E-state index in [4.69, 9.17) is 14.9 Å². The molecule has 0 rings (SSSR count). The van der Waals surface area contributed by atoms with E-state index in [9.17, 15) is 4.79 Å². The van der Waals surface area contributed by atoms with Crippen molar-refractivity contribution in [3.8, 4) is 0 Å². The molecule has 84 valence electrons. The van der Waals surface area contributed by atoms with Crippen molar-refractivity contribution in [1.82, 2.24) is 0 Å². The lowest BCUT2D eigenvalue weighted by Crippen LogP contribution is -2.42. The van der Waals surface area contributed by atoms with Crippen molar-refractivity contribution in [2.24, 2.45) is 0 Å². The van der Waals surface area contributed by atoms with Crippen molar-refractivity contribution in [3.63, 3.8) is 0 Å². The monoisotopic (exact) mass is 204 g/mol. The van der Waals surface area contributed by atoms with Crippen LogP contribution in [0.5, 0.6) is 0 Å². The first-order chi connectivity index (χ1) is 6.27. The van der Waals surface area contributed by atoms with E-state index >= 15 is 0 Å². The highest BCUT2D eigenvalue weighted by Crippen LogP contribution is 2.24. The van der Waals surface area contributed by atoms with Crippen LogP contribution in [0.25, 0.3) is 0 Å². The van der Waals surface area contributed by atoms with Gasteiger partial charge in [0.15, 0.2) is 5.60 Å². The van der Waals surface area contributed by atoms with Crippen LogP contribution in [0.4, 0.5) is 0 Å². The van der Waals surface area contributed by atoms with E-state index in [1.165, 1.54) is 0 Å². The predicted molar refractivity (Wildman–Crippen MR) is 52.9 cm³/mol. The summed E-state index contributed by atoms with van der Waals surface area (Å²) < 4.78 is 0. The zero-order valence-corrected chi connectivity index (χ0v) is 9.59. The fourth-order valence-corrected chi connectivity index (χ4v) is 0.911. The van der Waals surface area contributed by atoms with Gasteiger partial charge in [0.25, 0.3) is 0 Å². The number of hydrogen-bond acceptors (Lipinski definition) is 3. The standard InChI is InChI=1S/C10H20O4/c1-6-10(7-2,8(11)12)14-13-9(3,4)5/h6-7H2,1-5H3,(H,11,12). The van der Waals surface area contributed by atoms with Gasteiger partial charge < -0.3 is 5.11 Å². The zero-order valence-electron chi connectivity index (χ0n) is 9.59. The minimum absolute atomic E-state index is 0.384. The maximum Gasteiger partial charge on any atom is 0.339 e. The fraction of sp³-hybridized carbons (Fsp3) is 0.900. The van der Waals surface area contributed by atoms with Crippen molar-refractivity contribution < 1.29 is 19.7 Å². The quantitative estimate of drug-likeness (QED) is 0.551. The lowest BCUT2D eigenvalue weighted by Gasteiger charge is -2.29. The first-order valence-corrected chi connectivity index (χ1v) is 4.87. The average Bonchev–Trinajstić information content (AvgIpc) is 2.04. The molecule has 14 heavy (non-hydrogen) atoms. The van der Waals surface area contributed by atoms with E-state index in [0.717, 1.165) is 0 Å². The summed E-state index contributed by atoms with van der Waals surface area (Å²) in [5, 5.41) is 9.02. The highest BCUT2D eigenvalue weighted by atomic mass is 17.2. The van der Waals surface area contributed by atoms with Gasteiger partial charge in [0.05, 0.1) is 5.60 Å². The smallest absolute Gasteiger partial charge is 0.339 e. The molecule has 0 aliphatic rings. The summed E-state index contributed by atoms with van der Waals surface area (Å²) in [7, 11) is 0. The number of carboxylic acids is 1. The van der Waals surface area contributed by atoms with Crippen molar-refractivity contribution in [3.05, 3.63) is 0 Å². The summed E-state index contributed by atoms with van der Waals surface area (Å²) in [5.41, 5.74) is -1.71. The molecular formula is C10H20O4. The Morgan fingerprint density at radius 1 is 1.14 bits per heavy atom. The Balaban J connectivity index is 4.45. The molecule has 0 heterocycles. The van der Waals surface area contributed by atoms with Crippen LogP contribution in [0.1, 0.15) is 47.5 Å². The lowest BCUT2D eigenvalue weighted by molar-refractivity contribution is -0.397. The maximum atomic E-state index is 11.0. The predicted octanol–water partition coefficient (Wildman–Crippen LogP) is 2.38. The summed E-state index contributed by atoms with van der Waals surface area (Å²) >= 11 is 0. The van der Waals surface area contributed by atoms with Gasteiger partial charge in [0, 0.05) is 0 Å². The van der Waals surface area contributed by atoms with Crippen LogP contribution < -0.4 is 0 Å². The van der Waals surface area contributed by atoms with Gasteiger partial charge in [0.1, 0.15) is 0 Å². The number of carboxylic acid groups (broad SMARTS) is 1. The van der Waals surface area contributed by atoms with Crippen LogP contribution in [0, 0.1) is 0 Å². The molecule has 0 amide bonds. The topological polar surface area (TPSA) is 55.8 Å². The van der Waals surface area contributed by atoms with Crippen LogP contribution in [0.15, 0.2) is 0 Å². The van der Waals surface area contributed by atoms with E-state index in [-0.39, 0.29) is 0 Å². The third-order valence-corrected chi connectivity index (χ3v) is 1.98. The number of aliphatic carboxylic acids is 1. The Kier molecular flexibility index (Phi) is 4.55. The van der Waals surface area contributed by atoms with Gasteiger partial charge in [-0.15, -0.1) is 0 Å². The summed E-state index contributed by atoms with van der Waals surface area (Å²) in [5.74, 6) is -0.980. The number of hydrogen-bond donors (Lipinski definition) is 1. The van der Waals surface area contributed by atoms with Crippen molar-refractivity contribution in [2.75, 3.05) is 0 Å². The molecule has 1 N–H and O–H groups in total. The first-order valence-electron chi connectivity index (χ1n) is 4.87. The van der Waals surface area contributed by atoms with Gasteiger partial charge in [0.2, 0.25) is 0 Å². The maximum absolute atomic E-state index is 11.0. The average molecular weight is 204 g/mol. The molecule has 0 spiro atoms. The highest BCUT2D eigenvalue weighted by Gasteiger charge is 2.38. The zero-order chi connectivity index (χ0) is 11.4. The molecule has 0 aliphatic carbocycles. The molecular weight excluding hydrogens is 184 g/mol. The van der Waals surface area contributed by atoms with E-state index in [1.54, 1.807) is 13.8 Å². The van der Waals surface area contributed by atoms with Gasteiger partial charge in [-0.3, -0.25) is 0 Å². The normalized spacial score (nSPS) is 12.9. The SMILES string of the molecule is CCC(CC)(OOC(C)(C)C)C(=O)O. The molecule has 0 aliphatic heterocycles. The Morgan fingerprint density at radius 2 is 1.57 bits per heavy atom. The molecule has 0 bridgehead atoms. The van der Waals surface area contributed by atoms with Crippen LogP contribution in [0.2, 0.25) is 0 Å². The summed E-state index contributed by atoms with van der Waals surface area (Å²) in [6, 6.07) is 0. The number of carbonyl (C=O) groups is 1. The third-order valence-electron chi connectivity index (χ3n) is 1.98. The van der Waals surface area contributed by atoms with Gasteiger partial charge in [-0.1, -0.05) is 13.8 Å². The molecule has 0 aromatic heterocycles. The molecule has 0 radical (unpaired) electrons. The molecule has 0 unspecified atom stereocenters. The van der Waals surface area contributed by atoms with Crippen molar-refractivity contribution >= 4 is 5.97 Å². The second kappa shape index (κ2) is 4.75. The van der Waals surface area contributed by atoms with Gasteiger partial charge in [-0.25, -0.2) is 14.6 Å². The van der Waals surface area contributed by atoms with E-state index < -0.39 is 17.2 Å². The van der Waals surface area contributed by atoms with Crippen molar-refractivity contribution in [2.45, 2.75) is 58.7 Å². The molecule has 4 heteroatoms. The Morgan fingerprint density at radius 3 is 1.79 bits per heavy atom. The van der Waals surface area contributed by atoms with E-state index in [2.05, 4.69) is 0 Å². The highest BCUT2D eigenvalue weighted by molar-refractivity contribution is 5.77. The summed E-state index contributed by atoms with van der Waals surface area (Å²) in [6.07, 6.45) is 0.768. The molecule has 0 aromatic carbocycles. The largest absolute Gasteiger partial charge is 0.479 e. The summed E-state index contributed by atoms with van der Waals surface area (Å²) in [6.45, 7) is 8.97.